The normalized spacial score (nSPS) is 22.0. The zero-order chi connectivity index (χ0) is 11.4. The van der Waals surface area contributed by atoms with Crippen LogP contribution in [-0.4, -0.2) is 36.6 Å². The van der Waals surface area contributed by atoms with Crippen LogP contribution in [0.1, 0.15) is 18.4 Å². The number of hydrogen-bond donors (Lipinski definition) is 1. The third-order valence-corrected chi connectivity index (χ3v) is 3.34. The zero-order valence-electron chi connectivity index (χ0n) is 10.2. The van der Waals surface area contributed by atoms with E-state index in [1.165, 1.54) is 37.2 Å². The van der Waals surface area contributed by atoms with Crippen LogP contribution < -0.4 is 5.32 Å². The molecule has 1 aliphatic rings. The van der Waals surface area contributed by atoms with Crippen LogP contribution in [0.4, 0.5) is 5.69 Å². The largest absolute Gasteiger partial charge is 0.383 e. The predicted octanol–water partition coefficient (Wildman–Crippen LogP) is 2.14. The summed E-state index contributed by atoms with van der Waals surface area (Å²) in [6.45, 7) is 5.66. The average molecular weight is 219 g/mol. The number of hydrogen-bond acceptors (Lipinski definition) is 3. The molecule has 3 nitrogen and oxygen atoms in total. The van der Waals surface area contributed by atoms with Crippen LogP contribution in [-0.2, 0) is 0 Å². The molecular formula is C13H21N3. The van der Waals surface area contributed by atoms with Crippen molar-refractivity contribution in [2.75, 3.05) is 32.0 Å². The molecule has 0 amide bonds. The van der Waals surface area contributed by atoms with E-state index in [4.69, 9.17) is 0 Å². The van der Waals surface area contributed by atoms with Crippen LogP contribution in [0.2, 0.25) is 0 Å². The van der Waals surface area contributed by atoms with Gasteiger partial charge in [-0.05, 0) is 50.9 Å². The van der Waals surface area contributed by atoms with Crippen LogP contribution in [0.25, 0.3) is 0 Å². The van der Waals surface area contributed by atoms with Crippen molar-refractivity contribution in [3.63, 3.8) is 0 Å². The fourth-order valence-electron chi connectivity index (χ4n) is 2.34. The molecular weight excluding hydrogens is 198 g/mol. The Hall–Kier alpha value is -1.09. The molecule has 1 saturated heterocycles. The third kappa shape index (κ3) is 2.95. The van der Waals surface area contributed by atoms with Gasteiger partial charge in [0, 0.05) is 19.3 Å². The van der Waals surface area contributed by atoms with Gasteiger partial charge in [0.25, 0.3) is 0 Å². The molecule has 0 bridgehead atoms. The summed E-state index contributed by atoms with van der Waals surface area (Å²) in [6.07, 6.45) is 6.43. The standard InChI is InChI=1S/C13H21N3/c1-11-5-6-14-9-13(11)15-8-12-4-3-7-16(2)10-12/h5-6,9,12,15H,3-4,7-8,10H2,1-2H3. The van der Waals surface area contributed by atoms with Crippen LogP contribution >= 0.6 is 0 Å². The Bertz CT molecular complexity index is 338. The van der Waals surface area contributed by atoms with E-state index in [-0.39, 0.29) is 0 Å². The van der Waals surface area contributed by atoms with Crippen LogP contribution in [0.15, 0.2) is 18.5 Å². The molecule has 2 rings (SSSR count). The fourth-order valence-corrected chi connectivity index (χ4v) is 2.34. The first-order chi connectivity index (χ1) is 7.75. The third-order valence-electron chi connectivity index (χ3n) is 3.34. The fraction of sp³-hybridized carbons (Fsp3) is 0.615. The number of nitrogens with zero attached hydrogens (tertiary/aromatic N) is 2. The molecule has 3 heteroatoms. The van der Waals surface area contributed by atoms with Crippen LogP contribution in [0.5, 0.6) is 0 Å². The van der Waals surface area contributed by atoms with Gasteiger partial charge in [-0.15, -0.1) is 0 Å². The Morgan fingerprint density at radius 2 is 2.44 bits per heavy atom. The van der Waals surface area contributed by atoms with Gasteiger partial charge in [-0.2, -0.15) is 0 Å². The molecule has 0 aliphatic carbocycles. The maximum Gasteiger partial charge on any atom is 0.0556 e. The highest BCUT2D eigenvalue weighted by Crippen LogP contribution is 2.17. The lowest BCUT2D eigenvalue weighted by molar-refractivity contribution is 0.217. The molecule has 1 aromatic rings. The molecule has 16 heavy (non-hydrogen) atoms. The number of anilines is 1. The van der Waals surface area contributed by atoms with Gasteiger partial charge in [0.05, 0.1) is 11.9 Å². The van der Waals surface area contributed by atoms with Crippen molar-refractivity contribution in [1.82, 2.24) is 9.88 Å². The SMILES string of the molecule is Cc1ccncc1NCC1CCCN(C)C1. The molecule has 1 unspecified atom stereocenters. The van der Waals surface area contributed by atoms with Gasteiger partial charge in [-0.25, -0.2) is 0 Å². The van der Waals surface area contributed by atoms with Crippen LogP contribution in [0.3, 0.4) is 0 Å². The van der Waals surface area contributed by atoms with Gasteiger partial charge in [-0.3, -0.25) is 4.98 Å². The molecule has 0 aromatic carbocycles. The van der Waals surface area contributed by atoms with Crippen molar-refractivity contribution in [3.05, 3.63) is 24.0 Å². The van der Waals surface area contributed by atoms with Gasteiger partial charge < -0.3 is 10.2 Å². The first kappa shape index (κ1) is 11.4. The Labute approximate surface area is 97.9 Å². The average Bonchev–Trinajstić information content (AvgIpc) is 2.28. The van der Waals surface area contributed by atoms with E-state index in [1.54, 1.807) is 0 Å². The number of nitrogens with one attached hydrogen (secondary N) is 1. The quantitative estimate of drug-likeness (QED) is 0.844. The number of aryl methyl sites for hydroxylation is 1. The molecule has 1 N–H and O–H groups in total. The first-order valence-electron chi connectivity index (χ1n) is 6.09. The van der Waals surface area contributed by atoms with Gasteiger partial charge in [0.2, 0.25) is 0 Å². The minimum Gasteiger partial charge on any atom is -0.383 e. The smallest absolute Gasteiger partial charge is 0.0556 e. The maximum atomic E-state index is 4.15. The summed E-state index contributed by atoms with van der Waals surface area (Å²) >= 11 is 0. The van der Waals surface area contributed by atoms with Gasteiger partial charge >= 0.3 is 0 Å². The van der Waals surface area contributed by atoms with Crippen molar-refractivity contribution < 1.29 is 0 Å². The number of aromatic nitrogens is 1. The van der Waals surface area contributed by atoms with E-state index in [0.717, 1.165) is 12.5 Å². The summed E-state index contributed by atoms with van der Waals surface area (Å²) < 4.78 is 0. The number of piperidine rings is 1. The van der Waals surface area contributed by atoms with Crippen molar-refractivity contribution >= 4 is 5.69 Å². The van der Waals surface area contributed by atoms with Crippen molar-refractivity contribution in [1.29, 1.82) is 0 Å². The molecule has 1 aliphatic heterocycles. The summed E-state index contributed by atoms with van der Waals surface area (Å²) in [6, 6.07) is 2.05. The molecule has 0 spiro atoms. The van der Waals surface area contributed by atoms with Crippen molar-refractivity contribution in [2.45, 2.75) is 19.8 Å². The number of pyridine rings is 1. The number of rotatable bonds is 3. The topological polar surface area (TPSA) is 28.2 Å². The van der Waals surface area contributed by atoms with E-state index in [0.29, 0.717) is 0 Å². The van der Waals surface area contributed by atoms with E-state index < -0.39 is 0 Å². The summed E-state index contributed by atoms with van der Waals surface area (Å²) in [5, 5.41) is 3.51. The number of likely N-dealkylation sites (tertiary alicyclic amines) is 1. The summed E-state index contributed by atoms with van der Waals surface area (Å²) in [4.78, 5) is 6.57. The Morgan fingerprint density at radius 1 is 1.56 bits per heavy atom. The lowest BCUT2D eigenvalue weighted by Gasteiger charge is -2.30. The van der Waals surface area contributed by atoms with E-state index in [1.807, 2.05) is 12.4 Å². The van der Waals surface area contributed by atoms with E-state index >= 15 is 0 Å². The second-order valence-corrected chi connectivity index (χ2v) is 4.84. The first-order valence-corrected chi connectivity index (χ1v) is 6.09. The molecule has 88 valence electrons. The minimum atomic E-state index is 0.776. The van der Waals surface area contributed by atoms with Crippen molar-refractivity contribution in [2.24, 2.45) is 5.92 Å². The molecule has 0 radical (unpaired) electrons. The highest BCUT2D eigenvalue weighted by molar-refractivity contribution is 5.47. The van der Waals surface area contributed by atoms with E-state index in [9.17, 15) is 0 Å². The molecule has 0 saturated carbocycles. The van der Waals surface area contributed by atoms with Crippen LogP contribution in [0, 0.1) is 12.8 Å². The highest BCUT2D eigenvalue weighted by Gasteiger charge is 2.16. The Kier molecular flexibility index (Phi) is 3.78. The molecule has 1 atom stereocenters. The van der Waals surface area contributed by atoms with Gasteiger partial charge in [-0.1, -0.05) is 0 Å². The Morgan fingerprint density at radius 3 is 3.19 bits per heavy atom. The van der Waals surface area contributed by atoms with E-state index in [2.05, 4.69) is 35.2 Å². The lowest BCUT2D eigenvalue weighted by Crippen LogP contribution is -2.35. The lowest BCUT2D eigenvalue weighted by atomic mass is 9.98. The maximum absolute atomic E-state index is 4.15. The second-order valence-electron chi connectivity index (χ2n) is 4.84. The van der Waals surface area contributed by atoms with Gasteiger partial charge in [0.15, 0.2) is 0 Å². The minimum absolute atomic E-state index is 0.776. The highest BCUT2D eigenvalue weighted by atomic mass is 15.1. The second kappa shape index (κ2) is 5.30. The summed E-state index contributed by atoms with van der Waals surface area (Å²) in [5.41, 5.74) is 2.45. The summed E-state index contributed by atoms with van der Waals surface area (Å²) in [5.74, 6) is 0.776. The summed E-state index contributed by atoms with van der Waals surface area (Å²) in [7, 11) is 2.21. The predicted molar refractivity (Wildman–Crippen MR) is 67.7 cm³/mol. The zero-order valence-corrected chi connectivity index (χ0v) is 10.2. The Balaban J connectivity index is 1.85. The van der Waals surface area contributed by atoms with Gasteiger partial charge in [0.1, 0.15) is 0 Å². The van der Waals surface area contributed by atoms with Crippen molar-refractivity contribution in [3.8, 4) is 0 Å². The monoisotopic (exact) mass is 219 g/mol. The molecule has 1 fully saturated rings. The molecule has 2 heterocycles. The molecule has 1 aromatic heterocycles.